The van der Waals surface area contributed by atoms with Crippen LogP contribution < -0.4 is 0 Å². The van der Waals surface area contributed by atoms with E-state index in [1.807, 2.05) is 19.1 Å². The Kier molecular flexibility index (Phi) is 9.51. The van der Waals surface area contributed by atoms with Crippen molar-refractivity contribution in [2.24, 2.45) is 0 Å². The van der Waals surface area contributed by atoms with Crippen LogP contribution in [0.5, 0.6) is 0 Å². The molecule has 0 heterocycles. The maximum absolute atomic E-state index is 11.2. The smallest absolute Gasteiger partial charge is 0.330 e. The fraction of sp³-hybridized carbons (Fsp3) is 0.471. The zero-order valence-electron chi connectivity index (χ0n) is 12.8. The first kappa shape index (κ1) is 17.4. The van der Waals surface area contributed by atoms with Crippen LogP contribution >= 0.6 is 0 Å². The third kappa shape index (κ3) is 11.3. The molecular weight excluding hydrogens is 236 g/mol. The van der Waals surface area contributed by atoms with Crippen LogP contribution in [0.25, 0.3) is 0 Å². The molecule has 2 nitrogen and oxygen atoms in total. The molecule has 19 heavy (non-hydrogen) atoms. The first-order valence-corrected chi connectivity index (χ1v) is 6.78. The van der Waals surface area contributed by atoms with Crippen molar-refractivity contribution in [2.45, 2.75) is 47.5 Å². The first-order chi connectivity index (χ1) is 8.95. The third-order valence-corrected chi connectivity index (χ3v) is 2.46. The van der Waals surface area contributed by atoms with E-state index in [-0.39, 0.29) is 5.97 Å². The van der Waals surface area contributed by atoms with Crippen molar-refractivity contribution >= 4 is 5.97 Å². The number of carbonyl (C=O) groups excluding carboxylic acids is 1. The molecular formula is C17H26O2. The summed E-state index contributed by atoms with van der Waals surface area (Å²) in [4.78, 5) is 11.2. The zero-order chi connectivity index (χ0) is 14.7. The van der Waals surface area contributed by atoms with E-state index in [2.05, 4.69) is 32.9 Å². The summed E-state index contributed by atoms with van der Waals surface area (Å²) in [6.07, 6.45) is 11.9. The molecule has 0 saturated carbocycles. The molecule has 106 valence electrons. The Bertz CT molecular complexity index is 391. The van der Waals surface area contributed by atoms with Gasteiger partial charge < -0.3 is 4.74 Å². The fourth-order valence-electron chi connectivity index (χ4n) is 1.45. The van der Waals surface area contributed by atoms with Gasteiger partial charge in [-0.05, 0) is 53.0 Å². The van der Waals surface area contributed by atoms with Gasteiger partial charge in [0, 0.05) is 6.08 Å². The number of hydrogen-bond donors (Lipinski definition) is 0. The fourth-order valence-corrected chi connectivity index (χ4v) is 1.45. The molecule has 2 heteroatoms. The van der Waals surface area contributed by atoms with Gasteiger partial charge in [0.2, 0.25) is 0 Å². The topological polar surface area (TPSA) is 26.3 Å². The highest BCUT2D eigenvalue weighted by Crippen LogP contribution is 2.07. The lowest BCUT2D eigenvalue weighted by Gasteiger charge is -1.97. The molecule has 0 aromatic heterocycles. The number of allylic oxidation sites excluding steroid dienone is 7. The molecule has 0 bridgehead atoms. The predicted molar refractivity (Wildman–Crippen MR) is 82.0 cm³/mol. The normalized spacial score (nSPS) is 12.7. The van der Waals surface area contributed by atoms with E-state index in [1.165, 1.54) is 17.2 Å². The van der Waals surface area contributed by atoms with E-state index in [4.69, 9.17) is 4.74 Å². The Balaban J connectivity index is 4.25. The van der Waals surface area contributed by atoms with Crippen molar-refractivity contribution in [3.05, 3.63) is 47.1 Å². The standard InChI is InChI=1S/C17H26O2/c1-6-19-17(18)13-16(5)12-8-11-15(4)10-7-9-14(2)3/h8-9,11-13H,6-7,10H2,1-5H3/b12-8+,15-11-,16-13+. The summed E-state index contributed by atoms with van der Waals surface area (Å²) < 4.78 is 4.84. The van der Waals surface area contributed by atoms with Crippen LogP contribution in [-0.2, 0) is 9.53 Å². The van der Waals surface area contributed by atoms with Crippen LogP contribution in [0.4, 0.5) is 0 Å². The van der Waals surface area contributed by atoms with E-state index in [0.717, 1.165) is 18.4 Å². The molecule has 0 saturated heterocycles. The van der Waals surface area contributed by atoms with Crippen molar-refractivity contribution < 1.29 is 9.53 Å². The van der Waals surface area contributed by atoms with Crippen LogP contribution in [0.15, 0.2) is 47.1 Å². The molecule has 0 radical (unpaired) electrons. The van der Waals surface area contributed by atoms with Crippen molar-refractivity contribution in [1.29, 1.82) is 0 Å². The molecule has 0 amide bonds. The number of carbonyl (C=O) groups is 1. The highest BCUT2D eigenvalue weighted by molar-refractivity contribution is 5.83. The molecule has 0 N–H and O–H groups in total. The monoisotopic (exact) mass is 262 g/mol. The first-order valence-electron chi connectivity index (χ1n) is 6.78. The third-order valence-electron chi connectivity index (χ3n) is 2.46. The van der Waals surface area contributed by atoms with E-state index < -0.39 is 0 Å². The molecule has 0 fully saturated rings. The number of rotatable bonds is 7. The zero-order valence-corrected chi connectivity index (χ0v) is 12.8. The molecule has 0 aliphatic heterocycles. The molecule has 0 aromatic rings. The van der Waals surface area contributed by atoms with Gasteiger partial charge >= 0.3 is 5.97 Å². The average molecular weight is 262 g/mol. The molecule has 0 aliphatic rings. The highest BCUT2D eigenvalue weighted by atomic mass is 16.5. The Morgan fingerprint density at radius 1 is 1.16 bits per heavy atom. The SMILES string of the molecule is CCOC(=O)/C=C(C)/C=C/C=C(/C)CCC=C(C)C. The Hall–Kier alpha value is -1.57. The molecule has 0 atom stereocenters. The summed E-state index contributed by atoms with van der Waals surface area (Å²) in [5.74, 6) is -0.283. The van der Waals surface area contributed by atoms with Crippen LogP contribution in [0.1, 0.15) is 47.5 Å². The van der Waals surface area contributed by atoms with E-state index in [9.17, 15) is 4.79 Å². The van der Waals surface area contributed by atoms with Gasteiger partial charge in [-0.25, -0.2) is 4.79 Å². The highest BCUT2D eigenvalue weighted by Gasteiger charge is 1.94. The molecule has 0 rings (SSSR count). The van der Waals surface area contributed by atoms with Gasteiger partial charge in [-0.3, -0.25) is 0 Å². The van der Waals surface area contributed by atoms with Gasteiger partial charge in [-0.15, -0.1) is 0 Å². The van der Waals surface area contributed by atoms with Gasteiger partial charge in [-0.2, -0.15) is 0 Å². The lowest BCUT2D eigenvalue weighted by atomic mass is 10.1. The number of ether oxygens (including phenoxy) is 1. The Morgan fingerprint density at radius 3 is 2.42 bits per heavy atom. The summed E-state index contributed by atoms with van der Waals surface area (Å²) in [5.41, 5.74) is 3.58. The molecule has 0 unspecified atom stereocenters. The number of esters is 1. The van der Waals surface area contributed by atoms with Crippen LogP contribution in [-0.4, -0.2) is 12.6 Å². The number of hydrogen-bond acceptors (Lipinski definition) is 2. The summed E-state index contributed by atoms with van der Waals surface area (Å²) >= 11 is 0. The van der Waals surface area contributed by atoms with Crippen LogP contribution in [0.3, 0.4) is 0 Å². The van der Waals surface area contributed by atoms with Gasteiger partial charge in [-0.1, -0.05) is 35.5 Å². The summed E-state index contributed by atoms with van der Waals surface area (Å²) in [5, 5.41) is 0. The van der Waals surface area contributed by atoms with Crippen LogP contribution in [0, 0.1) is 0 Å². The van der Waals surface area contributed by atoms with Crippen LogP contribution in [0.2, 0.25) is 0 Å². The summed E-state index contributed by atoms with van der Waals surface area (Å²) in [7, 11) is 0. The molecule has 0 spiro atoms. The Labute approximate surface area is 117 Å². The van der Waals surface area contributed by atoms with Gasteiger partial charge in [0.15, 0.2) is 0 Å². The quantitative estimate of drug-likeness (QED) is 0.286. The maximum atomic E-state index is 11.2. The Morgan fingerprint density at radius 2 is 1.84 bits per heavy atom. The minimum absolute atomic E-state index is 0.283. The lowest BCUT2D eigenvalue weighted by Crippen LogP contribution is -1.99. The van der Waals surface area contributed by atoms with E-state index in [1.54, 1.807) is 6.92 Å². The van der Waals surface area contributed by atoms with Gasteiger partial charge in [0.1, 0.15) is 0 Å². The van der Waals surface area contributed by atoms with E-state index >= 15 is 0 Å². The average Bonchev–Trinajstić information content (AvgIpc) is 2.28. The maximum Gasteiger partial charge on any atom is 0.330 e. The second-order valence-electron chi connectivity index (χ2n) is 4.83. The minimum atomic E-state index is -0.283. The summed E-state index contributed by atoms with van der Waals surface area (Å²) in [6, 6.07) is 0. The lowest BCUT2D eigenvalue weighted by molar-refractivity contribution is -0.137. The van der Waals surface area contributed by atoms with Crippen molar-refractivity contribution in [1.82, 2.24) is 0 Å². The second-order valence-corrected chi connectivity index (χ2v) is 4.83. The second kappa shape index (κ2) is 10.4. The van der Waals surface area contributed by atoms with Gasteiger partial charge in [0.25, 0.3) is 0 Å². The predicted octanol–water partition coefficient (Wildman–Crippen LogP) is 4.74. The van der Waals surface area contributed by atoms with Crippen molar-refractivity contribution in [3.63, 3.8) is 0 Å². The van der Waals surface area contributed by atoms with Gasteiger partial charge in [0.05, 0.1) is 6.61 Å². The van der Waals surface area contributed by atoms with E-state index in [0.29, 0.717) is 6.61 Å². The minimum Gasteiger partial charge on any atom is -0.463 e. The van der Waals surface area contributed by atoms with Crippen molar-refractivity contribution in [3.8, 4) is 0 Å². The molecule has 0 aromatic carbocycles. The van der Waals surface area contributed by atoms with Crippen molar-refractivity contribution in [2.75, 3.05) is 6.61 Å². The largest absolute Gasteiger partial charge is 0.463 e. The molecule has 0 aliphatic carbocycles. The summed E-state index contributed by atoms with van der Waals surface area (Å²) in [6.45, 7) is 10.4.